The number of anilines is 1. The Balaban J connectivity index is 1.66. The zero-order chi connectivity index (χ0) is 19.6. The second kappa shape index (κ2) is 8.04. The SMILES string of the molecule is Cc1nc([C@H]2CC[C@@H](O)[C@H](NC(=O)Nc3ccc(F)cc3)C2)n(C(C)C)n1. The van der Waals surface area contributed by atoms with E-state index in [1.165, 1.54) is 24.3 Å². The minimum Gasteiger partial charge on any atom is -0.391 e. The van der Waals surface area contributed by atoms with Gasteiger partial charge in [-0.3, -0.25) is 0 Å². The Morgan fingerprint density at radius 1 is 1.30 bits per heavy atom. The summed E-state index contributed by atoms with van der Waals surface area (Å²) < 4.78 is 14.9. The van der Waals surface area contributed by atoms with E-state index >= 15 is 0 Å². The van der Waals surface area contributed by atoms with E-state index in [0.717, 1.165) is 18.1 Å². The van der Waals surface area contributed by atoms with Gasteiger partial charge in [0.1, 0.15) is 17.5 Å². The maximum atomic E-state index is 13.0. The molecule has 8 heteroatoms. The van der Waals surface area contributed by atoms with Crippen molar-refractivity contribution in [3.05, 3.63) is 41.7 Å². The molecule has 1 fully saturated rings. The van der Waals surface area contributed by atoms with Crippen LogP contribution in [-0.4, -0.2) is 38.0 Å². The number of rotatable bonds is 4. The smallest absolute Gasteiger partial charge is 0.319 e. The van der Waals surface area contributed by atoms with Crippen LogP contribution >= 0.6 is 0 Å². The molecule has 0 saturated heterocycles. The van der Waals surface area contributed by atoms with E-state index in [1.807, 2.05) is 11.6 Å². The molecule has 3 atom stereocenters. The topological polar surface area (TPSA) is 92.1 Å². The molecule has 0 unspecified atom stereocenters. The molecule has 1 aliphatic carbocycles. The van der Waals surface area contributed by atoms with Crippen LogP contribution in [0.4, 0.5) is 14.9 Å². The van der Waals surface area contributed by atoms with Crippen molar-refractivity contribution in [3.8, 4) is 0 Å². The van der Waals surface area contributed by atoms with Crippen LogP contribution in [0.25, 0.3) is 0 Å². The highest BCUT2D eigenvalue weighted by Gasteiger charge is 2.34. The molecule has 0 radical (unpaired) electrons. The summed E-state index contributed by atoms with van der Waals surface area (Å²) in [5, 5.41) is 20.3. The Hall–Kier alpha value is -2.48. The number of aromatic nitrogens is 3. The van der Waals surface area contributed by atoms with Gasteiger partial charge in [0, 0.05) is 17.6 Å². The zero-order valence-corrected chi connectivity index (χ0v) is 15.8. The summed E-state index contributed by atoms with van der Waals surface area (Å²) in [4.78, 5) is 16.8. The lowest BCUT2D eigenvalue weighted by molar-refractivity contribution is 0.0859. The van der Waals surface area contributed by atoms with E-state index < -0.39 is 12.1 Å². The van der Waals surface area contributed by atoms with Crippen LogP contribution in [0, 0.1) is 12.7 Å². The number of amides is 2. The third-order valence-corrected chi connectivity index (χ3v) is 4.85. The van der Waals surface area contributed by atoms with Crippen LogP contribution in [-0.2, 0) is 0 Å². The average molecular weight is 375 g/mol. The van der Waals surface area contributed by atoms with Gasteiger partial charge in [0.15, 0.2) is 0 Å². The molecule has 0 aliphatic heterocycles. The van der Waals surface area contributed by atoms with Gasteiger partial charge in [-0.05, 0) is 64.3 Å². The molecular weight excluding hydrogens is 349 g/mol. The molecule has 146 valence electrons. The number of urea groups is 1. The fourth-order valence-electron chi connectivity index (χ4n) is 3.52. The zero-order valence-electron chi connectivity index (χ0n) is 15.8. The van der Waals surface area contributed by atoms with Crippen LogP contribution in [0.1, 0.15) is 56.7 Å². The highest BCUT2D eigenvalue weighted by molar-refractivity contribution is 5.89. The summed E-state index contributed by atoms with van der Waals surface area (Å²) in [5.74, 6) is 1.38. The van der Waals surface area contributed by atoms with Gasteiger partial charge in [-0.15, -0.1) is 0 Å². The van der Waals surface area contributed by atoms with E-state index in [4.69, 9.17) is 0 Å². The van der Waals surface area contributed by atoms with Gasteiger partial charge < -0.3 is 15.7 Å². The first kappa shape index (κ1) is 19.3. The van der Waals surface area contributed by atoms with Crippen molar-refractivity contribution in [2.75, 3.05) is 5.32 Å². The number of aryl methyl sites for hydroxylation is 1. The maximum Gasteiger partial charge on any atom is 0.319 e. The number of benzene rings is 1. The standard InChI is InChI=1S/C19H26FN5O2/c1-11(2)25-18(21-12(3)24-25)13-4-9-17(26)16(10-13)23-19(27)22-15-7-5-14(20)6-8-15/h5-8,11,13,16-17,26H,4,9-10H2,1-3H3,(H2,22,23,27)/t13-,16+,17+/m0/s1. The van der Waals surface area contributed by atoms with Gasteiger partial charge >= 0.3 is 6.03 Å². The fraction of sp³-hybridized carbons (Fsp3) is 0.526. The molecule has 0 spiro atoms. The third kappa shape index (κ3) is 4.63. The van der Waals surface area contributed by atoms with Gasteiger partial charge in [-0.25, -0.2) is 18.9 Å². The number of halogens is 1. The van der Waals surface area contributed by atoms with Gasteiger partial charge in [-0.1, -0.05) is 0 Å². The van der Waals surface area contributed by atoms with Gasteiger partial charge in [0.25, 0.3) is 0 Å². The molecule has 1 aromatic carbocycles. The van der Waals surface area contributed by atoms with Crippen LogP contribution in [0.2, 0.25) is 0 Å². The fourth-order valence-corrected chi connectivity index (χ4v) is 3.52. The number of nitrogens with zero attached hydrogens (tertiary/aromatic N) is 3. The van der Waals surface area contributed by atoms with E-state index in [1.54, 1.807) is 0 Å². The highest BCUT2D eigenvalue weighted by Crippen LogP contribution is 2.33. The van der Waals surface area contributed by atoms with E-state index in [0.29, 0.717) is 18.5 Å². The summed E-state index contributed by atoms with van der Waals surface area (Å²) in [7, 11) is 0. The van der Waals surface area contributed by atoms with Crippen molar-refractivity contribution in [3.63, 3.8) is 0 Å². The molecule has 3 N–H and O–H groups in total. The maximum absolute atomic E-state index is 13.0. The summed E-state index contributed by atoms with van der Waals surface area (Å²) in [5.41, 5.74) is 0.492. The first-order valence-corrected chi connectivity index (χ1v) is 9.27. The van der Waals surface area contributed by atoms with Gasteiger partial charge in [0.2, 0.25) is 0 Å². The van der Waals surface area contributed by atoms with Crippen LogP contribution in [0.15, 0.2) is 24.3 Å². The minimum absolute atomic E-state index is 0.119. The molecule has 1 aliphatic rings. The number of nitrogens with one attached hydrogen (secondary N) is 2. The second-order valence-corrected chi connectivity index (χ2v) is 7.34. The number of hydrogen-bond donors (Lipinski definition) is 3. The summed E-state index contributed by atoms with van der Waals surface area (Å²) in [6.45, 7) is 5.98. The largest absolute Gasteiger partial charge is 0.391 e. The number of aliphatic hydroxyl groups is 1. The predicted molar refractivity (Wildman–Crippen MR) is 100 cm³/mol. The lowest BCUT2D eigenvalue weighted by Gasteiger charge is -2.33. The Morgan fingerprint density at radius 2 is 2.00 bits per heavy atom. The number of hydrogen-bond acceptors (Lipinski definition) is 4. The minimum atomic E-state index is -0.614. The average Bonchev–Trinajstić information content (AvgIpc) is 3.01. The first-order valence-electron chi connectivity index (χ1n) is 9.27. The lowest BCUT2D eigenvalue weighted by Crippen LogP contribution is -2.48. The van der Waals surface area contributed by atoms with Crippen LogP contribution in [0.5, 0.6) is 0 Å². The van der Waals surface area contributed by atoms with Crippen molar-refractivity contribution in [1.82, 2.24) is 20.1 Å². The molecule has 1 heterocycles. The Kier molecular flexibility index (Phi) is 5.74. The molecule has 27 heavy (non-hydrogen) atoms. The van der Waals surface area contributed by atoms with Gasteiger partial charge in [-0.2, -0.15) is 5.10 Å². The number of carbonyl (C=O) groups excluding carboxylic acids is 1. The van der Waals surface area contributed by atoms with Crippen LogP contribution in [0.3, 0.4) is 0 Å². The van der Waals surface area contributed by atoms with Crippen molar-refractivity contribution >= 4 is 11.7 Å². The van der Waals surface area contributed by atoms with E-state index in [9.17, 15) is 14.3 Å². The van der Waals surface area contributed by atoms with E-state index in [-0.39, 0.29) is 23.8 Å². The molecule has 2 aromatic rings. The van der Waals surface area contributed by atoms with E-state index in [2.05, 4.69) is 34.6 Å². The lowest BCUT2D eigenvalue weighted by atomic mass is 9.83. The molecule has 1 saturated carbocycles. The van der Waals surface area contributed by atoms with Crippen molar-refractivity contribution in [1.29, 1.82) is 0 Å². The van der Waals surface area contributed by atoms with Gasteiger partial charge in [0.05, 0.1) is 12.1 Å². The molecule has 7 nitrogen and oxygen atoms in total. The highest BCUT2D eigenvalue weighted by atomic mass is 19.1. The summed E-state index contributed by atoms with van der Waals surface area (Å²) in [6, 6.07) is 4.92. The molecule has 1 aromatic heterocycles. The second-order valence-electron chi connectivity index (χ2n) is 7.34. The third-order valence-electron chi connectivity index (χ3n) is 4.85. The number of carbonyl (C=O) groups is 1. The quantitative estimate of drug-likeness (QED) is 0.766. The molecular formula is C19H26FN5O2. The molecule has 2 amide bonds. The summed E-state index contributed by atoms with van der Waals surface area (Å²) >= 11 is 0. The first-order chi connectivity index (χ1) is 12.8. The van der Waals surface area contributed by atoms with Crippen molar-refractivity contribution < 1.29 is 14.3 Å². The monoisotopic (exact) mass is 375 g/mol. The Labute approximate surface area is 158 Å². The Morgan fingerprint density at radius 3 is 2.67 bits per heavy atom. The summed E-state index contributed by atoms with van der Waals surface area (Å²) in [6.07, 6.45) is 1.35. The van der Waals surface area contributed by atoms with Crippen molar-refractivity contribution in [2.24, 2.45) is 0 Å². The predicted octanol–water partition coefficient (Wildman–Crippen LogP) is 3.13. The normalized spacial score (nSPS) is 22.7. The molecule has 3 rings (SSSR count). The molecule has 0 bridgehead atoms. The Bertz CT molecular complexity index is 790. The van der Waals surface area contributed by atoms with Crippen molar-refractivity contribution in [2.45, 2.75) is 64.1 Å². The van der Waals surface area contributed by atoms with Crippen LogP contribution < -0.4 is 10.6 Å². The number of aliphatic hydroxyl groups excluding tert-OH is 1.